The Labute approximate surface area is 150 Å². The number of nitrogens with one attached hydrogen (secondary N) is 1. The molecule has 0 amide bonds. The summed E-state index contributed by atoms with van der Waals surface area (Å²) in [5.41, 5.74) is 7.27. The van der Waals surface area contributed by atoms with Crippen molar-refractivity contribution in [1.82, 2.24) is 4.90 Å². The van der Waals surface area contributed by atoms with Crippen molar-refractivity contribution in [2.45, 2.75) is 32.1 Å². The number of benzene rings is 1. The van der Waals surface area contributed by atoms with Gasteiger partial charge in [0, 0.05) is 36.7 Å². The predicted molar refractivity (Wildman–Crippen MR) is 102 cm³/mol. The number of fused-ring (bicyclic) bond motifs is 1. The summed E-state index contributed by atoms with van der Waals surface area (Å²) in [5.74, 6) is 2.00. The van der Waals surface area contributed by atoms with E-state index in [1.165, 1.54) is 25.7 Å². The van der Waals surface area contributed by atoms with Gasteiger partial charge in [0.2, 0.25) is 0 Å². The van der Waals surface area contributed by atoms with Crippen LogP contribution in [0, 0.1) is 5.41 Å². The Bertz CT molecular complexity index is 609. The van der Waals surface area contributed by atoms with Crippen LogP contribution in [-0.2, 0) is 0 Å². The first-order chi connectivity index (χ1) is 12.1. The van der Waals surface area contributed by atoms with Crippen LogP contribution >= 0.6 is 0 Å². The molecule has 3 rings (SSSR count). The number of hydrogen-bond acceptors (Lipinski definition) is 4. The fraction of sp³-hybridized carbons (Fsp3) is 0.632. The van der Waals surface area contributed by atoms with E-state index in [0.717, 1.165) is 36.7 Å². The molecule has 1 fully saturated rings. The summed E-state index contributed by atoms with van der Waals surface area (Å²) in [6.45, 7) is 3.20. The van der Waals surface area contributed by atoms with E-state index in [0.29, 0.717) is 19.2 Å². The summed E-state index contributed by atoms with van der Waals surface area (Å²) in [5, 5.41) is 3.19. The molecule has 1 aromatic rings. The summed E-state index contributed by atoms with van der Waals surface area (Å²) in [6.07, 6.45) is 5.94. The van der Waals surface area contributed by atoms with E-state index in [9.17, 15) is 0 Å². The smallest absolute Gasteiger partial charge is 0.193 e. The predicted octanol–water partition coefficient (Wildman–Crippen LogP) is 2.70. The molecular formula is C19H30N4O2. The molecule has 0 atom stereocenters. The quantitative estimate of drug-likeness (QED) is 0.633. The summed E-state index contributed by atoms with van der Waals surface area (Å²) in [6, 6.07) is 5.79. The zero-order chi connectivity index (χ0) is 17.7. The number of anilines is 1. The van der Waals surface area contributed by atoms with Crippen molar-refractivity contribution < 1.29 is 9.47 Å². The van der Waals surface area contributed by atoms with Crippen LogP contribution in [0.25, 0.3) is 0 Å². The lowest BCUT2D eigenvalue weighted by Crippen LogP contribution is -2.35. The van der Waals surface area contributed by atoms with Crippen molar-refractivity contribution in [1.29, 1.82) is 0 Å². The van der Waals surface area contributed by atoms with Gasteiger partial charge in [-0.05, 0) is 39.1 Å². The number of aliphatic imine (C=N–C) groups is 1. The van der Waals surface area contributed by atoms with Gasteiger partial charge >= 0.3 is 0 Å². The highest BCUT2D eigenvalue weighted by molar-refractivity contribution is 5.92. The molecule has 1 saturated carbocycles. The second kappa shape index (κ2) is 7.95. The van der Waals surface area contributed by atoms with Crippen LogP contribution in [-0.4, -0.2) is 51.3 Å². The average molecular weight is 346 g/mol. The zero-order valence-corrected chi connectivity index (χ0v) is 15.4. The topological polar surface area (TPSA) is 72.1 Å². The Morgan fingerprint density at radius 1 is 1.16 bits per heavy atom. The van der Waals surface area contributed by atoms with Crippen LogP contribution in [0.4, 0.5) is 5.69 Å². The van der Waals surface area contributed by atoms with Gasteiger partial charge in [-0.2, -0.15) is 0 Å². The van der Waals surface area contributed by atoms with Crippen LogP contribution in [0.5, 0.6) is 11.5 Å². The SMILES string of the molecule is CN(C)CC1(CN=C(N)Nc2ccc3c(c2)OCCCO3)CCCC1. The Morgan fingerprint density at radius 3 is 2.60 bits per heavy atom. The molecule has 2 aliphatic rings. The molecule has 25 heavy (non-hydrogen) atoms. The highest BCUT2D eigenvalue weighted by atomic mass is 16.5. The third-order valence-corrected chi connectivity index (χ3v) is 4.92. The number of rotatable bonds is 5. The van der Waals surface area contributed by atoms with E-state index in [2.05, 4.69) is 29.3 Å². The van der Waals surface area contributed by atoms with Gasteiger partial charge in [0.05, 0.1) is 13.2 Å². The molecule has 1 aliphatic heterocycles. The summed E-state index contributed by atoms with van der Waals surface area (Å²) < 4.78 is 11.4. The number of nitrogens with zero attached hydrogens (tertiary/aromatic N) is 2. The third-order valence-electron chi connectivity index (χ3n) is 4.92. The monoisotopic (exact) mass is 346 g/mol. The van der Waals surface area contributed by atoms with E-state index in [1.54, 1.807) is 0 Å². The molecule has 6 nitrogen and oxygen atoms in total. The minimum absolute atomic E-state index is 0.264. The molecule has 0 unspecified atom stereocenters. The summed E-state index contributed by atoms with van der Waals surface area (Å²) in [4.78, 5) is 6.90. The van der Waals surface area contributed by atoms with E-state index in [4.69, 9.17) is 15.2 Å². The van der Waals surface area contributed by atoms with E-state index < -0.39 is 0 Å². The molecule has 0 aromatic heterocycles. The maximum absolute atomic E-state index is 6.13. The van der Waals surface area contributed by atoms with Crippen LogP contribution in [0.15, 0.2) is 23.2 Å². The van der Waals surface area contributed by atoms with Crippen molar-refractivity contribution in [2.24, 2.45) is 16.1 Å². The summed E-state index contributed by atoms with van der Waals surface area (Å²) in [7, 11) is 4.26. The molecule has 0 spiro atoms. The van der Waals surface area contributed by atoms with Crippen molar-refractivity contribution >= 4 is 11.6 Å². The number of hydrogen-bond donors (Lipinski definition) is 2. The first kappa shape index (κ1) is 17.9. The van der Waals surface area contributed by atoms with Crippen LogP contribution in [0.2, 0.25) is 0 Å². The van der Waals surface area contributed by atoms with Crippen LogP contribution in [0.3, 0.4) is 0 Å². The fourth-order valence-corrected chi connectivity index (χ4v) is 3.84. The van der Waals surface area contributed by atoms with Gasteiger partial charge in [-0.25, -0.2) is 0 Å². The van der Waals surface area contributed by atoms with Crippen molar-refractivity contribution in [3.8, 4) is 11.5 Å². The molecule has 0 saturated heterocycles. The first-order valence-electron chi connectivity index (χ1n) is 9.18. The minimum atomic E-state index is 0.264. The maximum atomic E-state index is 6.13. The largest absolute Gasteiger partial charge is 0.490 e. The number of ether oxygens (including phenoxy) is 2. The molecule has 3 N–H and O–H groups in total. The molecule has 1 heterocycles. The molecule has 0 radical (unpaired) electrons. The van der Waals surface area contributed by atoms with Crippen LogP contribution < -0.4 is 20.5 Å². The fourth-order valence-electron chi connectivity index (χ4n) is 3.84. The van der Waals surface area contributed by atoms with E-state index in [-0.39, 0.29) is 5.41 Å². The molecule has 6 heteroatoms. The lowest BCUT2D eigenvalue weighted by molar-refractivity contribution is 0.210. The Morgan fingerprint density at radius 2 is 1.88 bits per heavy atom. The second-order valence-corrected chi connectivity index (χ2v) is 7.48. The Balaban J connectivity index is 1.64. The third kappa shape index (κ3) is 4.78. The molecule has 1 aromatic carbocycles. The lowest BCUT2D eigenvalue weighted by Gasteiger charge is -2.30. The highest BCUT2D eigenvalue weighted by Gasteiger charge is 2.34. The molecular weight excluding hydrogens is 316 g/mol. The number of nitrogens with two attached hydrogens (primary N) is 1. The maximum Gasteiger partial charge on any atom is 0.193 e. The second-order valence-electron chi connectivity index (χ2n) is 7.48. The van der Waals surface area contributed by atoms with Gasteiger partial charge < -0.3 is 25.4 Å². The molecule has 0 bridgehead atoms. The van der Waals surface area contributed by atoms with Gasteiger partial charge in [-0.1, -0.05) is 12.8 Å². The molecule has 138 valence electrons. The van der Waals surface area contributed by atoms with Gasteiger partial charge in [-0.15, -0.1) is 0 Å². The van der Waals surface area contributed by atoms with Crippen molar-refractivity contribution in [3.05, 3.63) is 18.2 Å². The lowest BCUT2D eigenvalue weighted by atomic mass is 9.86. The Kier molecular flexibility index (Phi) is 5.68. The Hall–Kier alpha value is -1.95. The first-order valence-corrected chi connectivity index (χ1v) is 9.18. The van der Waals surface area contributed by atoms with Gasteiger partial charge in [0.1, 0.15) is 0 Å². The standard InChI is InChI=1S/C19H30N4O2/c1-23(2)14-19(8-3-4-9-19)13-21-18(20)22-15-6-7-16-17(12-15)25-11-5-10-24-16/h6-7,12H,3-5,8-11,13-14H2,1-2H3,(H3,20,21,22). The normalized spacial score (nSPS) is 19.7. The van der Waals surface area contributed by atoms with Crippen LogP contribution in [0.1, 0.15) is 32.1 Å². The van der Waals surface area contributed by atoms with Crippen molar-refractivity contribution in [3.63, 3.8) is 0 Å². The van der Waals surface area contributed by atoms with Gasteiger partial charge in [-0.3, -0.25) is 4.99 Å². The highest BCUT2D eigenvalue weighted by Crippen LogP contribution is 2.39. The average Bonchev–Trinajstić information content (AvgIpc) is 2.89. The van der Waals surface area contributed by atoms with Gasteiger partial charge in [0.25, 0.3) is 0 Å². The summed E-state index contributed by atoms with van der Waals surface area (Å²) >= 11 is 0. The van der Waals surface area contributed by atoms with E-state index in [1.807, 2.05) is 18.2 Å². The van der Waals surface area contributed by atoms with E-state index >= 15 is 0 Å². The van der Waals surface area contributed by atoms with Crippen molar-refractivity contribution in [2.75, 3.05) is 45.7 Å². The van der Waals surface area contributed by atoms with Gasteiger partial charge in [0.15, 0.2) is 17.5 Å². The number of guanidine groups is 1. The molecule has 1 aliphatic carbocycles. The minimum Gasteiger partial charge on any atom is -0.490 e. The zero-order valence-electron chi connectivity index (χ0n) is 15.4.